The molecule has 0 spiro atoms. The lowest BCUT2D eigenvalue weighted by Crippen LogP contribution is -2.33. The van der Waals surface area contributed by atoms with E-state index in [1.807, 2.05) is 6.07 Å². The van der Waals surface area contributed by atoms with Crippen LogP contribution in [0.15, 0.2) is 24.3 Å². The second kappa shape index (κ2) is 6.06. The fraction of sp³-hybridized carbons (Fsp3) is 0.600. The Balaban J connectivity index is 1.95. The van der Waals surface area contributed by atoms with Crippen molar-refractivity contribution in [2.75, 3.05) is 6.61 Å². The summed E-state index contributed by atoms with van der Waals surface area (Å²) in [6.07, 6.45) is 5.04. The zero-order valence-electron chi connectivity index (χ0n) is 10.9. The third kappa shape index (κ3) is 3.01. The average molecular weight is 233 g/mol. The molecule has 2 atom stereocenters. The van der Waals surface area contributed by atoms with Gasteiger partial charge in [0, 0.05) is 11.6 Å². The fourth-order valence-electron chi connectivity index (χ4n) is 2.44. The summed E-state index contributed by atoms with van der Waals surface area (Å²) >= 11 is 0. The van der Waals surface area contributed by atoms with E-state index in [0.29, 0.717) is 12.1 Å². The third-order valence-corrected chi connectivity index (χ3v) is 3.54. The first-order valence-electron chi connectivity index (χ1n) is 6.83. The van der Waals surface area contributed by atoms with Gasteiger partial charge in [0.15, 0.2) is 0 Å². The van der Waals surface area contributed by atoms with E-state index in [0.717, 1.165) is 12.4 Å². The summed E-state index contributed by atoms with van der Waals surface area (Å²) < 4.78 is 5.70. The Hall–Kier alpha value is -1.02. The van der Waals surface area contributed by atoms with E-state index in [1.54, 1.807) is 0 Å². The Labute approximate surface area is 104 Å². The van der Waals surface area contributed by atoms with Crippen LogP contribution in [-0.2, 0) is 0 Å². The molecule has 1 N–H and O–H groups in total. The van der Waals surface area contributed by atoms with Crippen molar-refractivity contribution in [3.63, 3.8) is 0 Å². The van der Waals surface area contributed by atoms with Gasteiger partial charge in [0.25, 0.3) is 0 Å². The van der Waals surface area contributed by atoms with Gasteiger partial charge in [-0.25, -0.2) is 0 Å². The van der Waals surface area contributed by atoms with Crippen LogP contribution in [0.1, 0.15) is 51.1 Å². The van der Waals surface area contributed by atoms with Gasteiger partial charge in [-0.1, -0.05) is 44.9 Å². The number of rotatable bonds is 6. The van der Waals surface area contributed by atoms with Crippen molar-refractivity contribution in [1.82, 2.24) is 5.32 Å². The SMILES string of the molecule is CCCCC(CC)NC1COc2ccccc21. The van der Waals surface area contributed by atoms with Gasteiger partial charge < -0.3 is 10.1 Å². The van der Waals surface area contributed by atoms with E-state index in [1.165, 1.54) is 31.2 Å². The number of fused-ring (bicyclic) bond motifs is 1. The highest BCUT2D eigenvalue weighted by Gasteiger charge is 2.24. The quantitative estimate of drug-likeness (QED) is 0.809. The predicted molar refractivity (Wildman–Crippen MR) is 71.4 cm³/mol. The number of unbranched alkanes of at least 4 members (excludes halogenated alkanes) is 1. The van der Waals surface area contributed by atoms with Gasteiger partial charge >= 0.3 is 0 Å². The molecule has 0 aliphatic carbocycles. The average Bonchev–Trinajstić information content (AvgIpc) is 2.78. The number of hydrogen-bond donors (Lipinski definition) is 1. The van der Waals surface area contributed by atoms with Crippen molar-refractivity contribution in [2.24, 2.45) is 0 Å². The fourth-order valence-corrected chi connectivity index (χ4v) is 2.44. The van der Waals surface area contributed by atoms with Crippen molar-refractivity contribution in [3.8, 4) is 5.75 Å². The molecule has 0 fully saturated rings. The van der Waals surface area contributed by atoms with Crippen LogP contribution in [-0.4, -0.2) is 12.6 Å². The van der Waals surface area contributed by atoms with Crippen molar-refractivity contribution in [3.05, 3.63) is 29.8 Å². The molecule has 2 nitrogen and oxygen atoms in total. The molecule has 0 bridgehead atoms. The zero-order chi connectivity index (χ0) is 12.1. The van der Waals surface area contributed by atoms with Crippen LogP contribution in [0.2, 0.25) is 0 Å². The van der Waals surface area contributed by atoms with Crippen LogP contribution < -0.4 is 10.1 Å². The van der Waals surface area contributed by atoms with Gasteiger partial charge in [0.1, 0.15) is 12.4 Å². The summed E-state index contributed by atoms with van der Waals surface area (Å²) in [5, 5.41) is 3.73. The summed E-state index contributed by atoms with van der Waals surface area (Å²) in [7, 11) is 0. The first kappa shape index (κ1) is 12.4. The Morgan fingerprint density at radius 1 is 1.35 bits per heavy atom. The number of nitrogens with one attached hydrogen (secondary N) is 1. The molecule has 17 heavy (non-hydrogen) atoms. The summed E-state index contributed by atoms with van der Waals surface area (Å²) in [6.45, 7) is 5.29. The van der Waals surface area contributed by atoms with Gasteiger partial charge in [-0.05, 0) is 18.9 Å². The summed E-state index contributed by atoms with van der Waals surface area (Å²) in [5.74, 6) is 1.05. The highest BCUT2D eigenvalue weighted by atomic mass is 16.5. The molecule has 94 valence electrons. The minimum Gasteiger partial charge on any atom is -0.491 e. The normalized spacial score (nSPS) is 19.8. The number of para-hydroxylation sites is 1. The van der Waals surface area contributed by atoms with Crippen molar-refractivity contribution in [1.29, 1.82) is 0 Å². The van der Waals surface area contributed by atoms with E-state index in [9.17, 15) is 0 Å². The number of benzene rings is 1. The lowest BCUT2D eigenvalue weighted by atomic mass is 10.0. The van der Waals surface area contributed by atoms with Crippen molar-refractivity contribution < 1.29 is 4.74 Å². The molecule has 2 rings (SSSR count). The first-order chi connectivity index (χ1) is 8.35. The minimum absolute atomic E-state index is 0.382. The molecule has 0 radical (unpaired) electrons. The molecular formula is C15H23NO. The van der Waals surface area contributed by atoms with Crippen LogP contribution in [0.25, 0.3) is 0 Å². The van der Waals surface area contributed by atoms with E-state index < -0.39 is 0 Å². The molecular weight excluding hydrogens is 210 g/mol. The minimum atomic E-state index is 0.382. The molecule has 1 aromatic carbocycles. The summed E-state index contributed by atoms with van der Waals surface area (Å²) in [6, 6.07) is 9.36. The molecule has 0 amide bonds. The number of hydrogen-bond acceptors (Lipinski definition) is 2. The Bertz CT molecular complexity index is 351. The third-order valence-electron chi connectivity index (χ3n) is 3.54. The topological polar surface area (TPSA) is 21.3 Å². The zero-order valence-corrected chi connectivity index (χ0v) is 10.9. The standard InChI is InChI=1S/C15H23NO/c1-3-5-8-12(4-2)16-14-11-17-15-10-7-6-9-13(14)15/h6-7,9-10,12,14,16H,3-5,8,11H2,1-2H3. The molecule has 1 aliphatic heterocycles. The first-order valence-corrected chi connectivity index (χ1v) is 6.83. The number of ether oxygens (including phenoxy) is 1. The summed E-state index contributed by atoms with van der Waals surface area (Å²) in [5.41, 5.74) is 1.32. The predicted octanol–water partition coefficient (Wildman–Crippen LogP) is 3.68. The molecule has 2 heteroatoms. The van der Waals surface area contributed by atoms with Crippen molar-refractivity contribution in [2.45, 2.75) is 51.6 Å². The largest absolute Gasteiger partial charge is 0.491 e. The van der Waals surface area contributed by atoms with Crippen LogP contribution in [0, 0.1) is 0 Å². The maximum Gasteiger partial charge on any atom is 0.124 e. The Morgan fingerprint density at radius 2 is 2.18 bits per heavy atom. The van der Waals surface area contributed by atoms with Crippen LogP contribution in [0.5, 0.6) is 5.75 Å². The van der Waals surface area contributed by atoms with E-state index in [4.69, 9.17) is 4.74 Å². The van der Waals surface area contributed by atoms with Crippen LogP contribution in [0.3, 0.4) is 0 Å². The molecule has 0 saturated carbocycles. The molecule has 0 aromatic heterocycles. The van der Waals surface area contributed by atoms with Gasteiger partial charge in [-0.15, -0.1) is 0 Å². The highest BCUT2D eigenvalue weighted by Crippen LogP contribution is 2.32. The molecule has 0 saturated heterocycles. The lowest BCUT2D eigenvalue weighted by molar-refractivity contribution is 0.289. The summed E-state index contributed by atoms with van der Waals surface area (Å²) in [4.78, 5) is 0. The van der Waals surface area contributed by atoms with Gasteiger partial charge in [-0.3, -0.25) is 0 Å². The molecule has 1 heterocycles. The smallest absolute Gasteiger partial charge is 0.124 e. The van der Waals surface area contributed by atoms with Gasteiger partial charge in [-0.2, -0.15) is 0 Å². The molecule has 2 unspecified atom stereocenters. The Kier molecular flexibility index (Phi) is 4.43. The van der Waals surface area contributed by atoms with E-state index in [-0.39, 0.29) is 0 Å². The van der Waals surface area contributed by atoms with Crippen LogP contribution in [0.4, 0.5) is 0 Å². The maximum absolute atomic E-state index is 5.70. The maximum atomic E-state index is 5.70. The van der Waals surface area contributed by atoms with Gasteiger partial charge in [0.05, 0.1) is 6.04 Å². The van der Waals surface area contributed by atoms with E-state index in [2.05, 4.69) is 37.4 Å². The monoisotopic (exact) mass is 233 g/mol. The molecule has 1 aliphatic rings. The molecule has 1 aromatic rings. The van der Waals surface area contributed by atoms with Crippen LogP contribution >= 0.6 is 0 Å². The highest BCUT2D eigenvalue weighted by molar-refractivity contribution is 5.39. The second-order valence-electron chi connectivity index (χ2n) is 4.82. The van der Waals surface area contributed by atoms with Crippen molar-refractivity contribution >= 4 is 0 Å². The van der Waals surface area contributed by atoms with Gasteiger partial charge in [0.2, 0.25) is 0 Å². The van der Waals surface area contributed by atoms with E-state index >= 15 is 0 Å². The lowest BCUT2D eigenvalue weighted by Gasteiger charge is -2.21. The second-order valence-corrected chi connectivity index (χ2v) is 4.82. The Morgan fingerprint density at radius 3 is 2.94 bits per heavy atom.